The molecule has 7 N–H and O–H groups in total. The lowest BCUT2D eigenvalue weighted by atomic mass is 9.80. The maximum atomic E-state index is 14.8. The van der Waals surface area contributed by atoms with E-state index in [0.717, 1.165) is 5.57 Å². The number of rotatable bonds is 19. The number of Topliss-reactive ketones (excluding diaryl/α,β-unsaturated/α-hetero) is 2. The summed E-state index contributed by atoms with van der Waals surface area (Å²) in [4.78, 5) is 71.0. The van der Waals surface area contributed by atoms with Crippen LogP contribution >= 0.6 is 0 Å². The summed E-state index contributed by atoms with van der Waals surface area (Å²) in [5.74, 6) is -8.37. The van der Waals surface area contributed by atoms with Crippen LogP contribution in [0.25, 0.3) is 0 Å². The lowest BCUT2D eigenvalue weighted by Gasteiger charge is -2.40. The Bertz CT molecular complexity index is 2070. The minimum atomic E-state index is -2.91. The van der Waals surface area contributed by atoms with Gasteiger partial charge in [-0.05, 0) is 108 Å². The zero-order valence-corrected chi connectivity index (χ0v) is 49.7. The highest BCUT2D eigenvalue weighted by atomic mass is 16.6. The van der Waals surface area contributed by atoms with Crippen molar-refractivity contribution in [3.63, 3.8) is 0 Å². The van der Waals surface area contributed by atoms with Gasteiger partial charge in [-0.3, -0.25) is 14.4 Å². The molecule has 81 heavy (non-hydrogen) atoms. The molecule has 0 aromatic carbocycles. The highest BCUT2D eigenvalue weighted by molar-refractivity contribution is 6.09. The first kappa shape index (κ1) is 69.5. The topological polar surface area (TPSA) is 291 Å². The second-order valence-corrected chi connectivity index (χ2v) is 22.6. The van der Waals surface area contributed by atoms with Crippen molar-refractivity contribution >= 4 is 29.5 Å². The Balaban J connectivity index is 1.54. The summed E-state index contributed by atoms with van der Waals surface area (Å²) in [6.45, 7) is 16.1. The molecule has 0 radical (unpaired) electrons. The summed E-state index contributed by atoms with van der Waals surface area (Å²) in [5.41, 5.74) is 8.08. The van der Waals surface area contributed by atoms with E-state index < -0.39 is 114 Å². The molecule has 0 aromatic heterocycles. The molecule has 3 aliphatic heterocycles. The molecule has 2 saturated heterocycles. The van der Waals surface area contributed by atoms with Crippen molar-refractivity contribution in [2.75, 3.05) is 80.2 Å². The van der Waals surface area contributed by atoms with Gasteiger partial charge in [-0.15, -0.1) is 0 Å². The Morgan fingerprint density at radius 1 is 0.778 bits per heavy atom. The van der Waals surface area contributed by atoms with Gasteiger partial charge >= 0.3 is 17.8 Å². The molecule has 0 spiro atoms. The molecule has 21 nitrogen and oxygen atoms in total. The number of alkyl carbamates (subject to hydrolysis) is 1. The van der Waals surface area contributed by atoms with Crippen LogP contribution in [-0.4, -0.2) is 202 Å². The number of aliphatic hydroxyl groups is 4. The van der Waals surface area contributed by atoms with Crippen molar-refractivity contribution in [1.82, 2.24) is 10.2 Å². The molecule has 4 aliphatic rings. The number of piperidine rings is 1. The number of hydrogen-bond donors (Lipinski definition) is 6. The number of nitrogens with zero attached hydrogens (tertiary/aromatic N) is 1. The Hall–Kier alpha value is -3.97. The largest absolute Gasteiger partial charge is 0.459 e. The third kappa shape index (κ3) is 22.2. The highest BCUT2D eigenvalue weighted by Gasteiger charge is 2.55. The highest BCUT2D eigenvalue weighted by Crippen LogP contribution is 2.36. The van der Waals surface area contributed by atoms with Crippen molar-refractivity contribution in [2.45, 2.75) is 192 Å². The van der Waals surface area contributed by atoms with E-state index in [4.69, 9.17) is 48.4 Å². The molecule has 2 bridgehead atoms. The number of cyclic esters (lactones) is 1. The average Bonchev–Trinajstić information content (AvgIpc) is 3.74. The predicted octanol–water partition coefficient (Wildman–Crippen LogP) is 4.83. The van der Waals surface area contributed by atoms with Crippen molar-refractivity contribution in [2.24, 2.45) is 35.3 Å². The number of methoxy groups -OCH3 is 2. The molecule has 4 rings (SSSR count). The van der Waals surface area contributed by atoms with Gasteiger partial charge in [-0.2, -0.15) is 0 Å². The number of nitrogens with two attached hydrogens (primary N) is 1. The molecule has 3 heterocycles. The number of nitrogens with one attached hydrogen (secondary N) is 1. The van der Waals surface area contributed by atoms with E-state index >= 15 is 0 Å². The number of hydrogen-bond acceptors (Lipinski definition) is 19. The molecule has 1 saturated carbocycles. The number of carbonyl (C=O) groups is 5. The first-order chi connectivity index (χ1) is 38.6. The number of aliphatic hydroxyl groups excluding tert-OH is 3. The zero-order valence-electron chi connectivity index (χ0n) is 49.7. The number of allylic oxidation sites excluding steroid dienone is 5. The van der Waals surface area contributed by atoms with Crippen molar-refractivity contribution in [3.8, 4) is 0 Å². The van der Waals surface area contributed by atoms with E-state index in [0.29, 0.717) is 97.6 Å². The molecular formula is C60H99N3O18. The van der Waals surface area contributed by atoms with E-state index in [1.54, 1.807) is 40.9 Å². The van der Waals surface area contributed by atoms with Gasteiger partial charge < -0.3 is 79.0 Å². The van der Waals surface area contributed by atoms with Crippen LogP contribution < -0.4 is 11.1 Å². The first-order valence-electron chi connectivity index (χ1n) is 29.5. The molecule has 3 fully saturated rings. The Labute approximate surface area is 480 Å². The number of amides is 2. The Kier molecular flexibility index (Phi) is 30.9. The predicted molar refractivity (Wildman–Crippen MR) is 301 cm³/mol. The molecule has 16 atom stereocenters. The number of ketones is 2. The van der Waals surface area contributed by atoms with Gasteiger partial charge in [-0.25, -0.2) is 9.59 Å². The number of ether oxygens (including phenoxy) is 9. The van der Waals surface area contributed by atoms with Crippen LogP contribution in [0.3, 0.4) is 0 Å². The van der Waals surface area contributed by atoms with Gasteiger partial charge in [-0.1, -0.05) is 64.2 Å². The van der Waals surface area contributed by atoms with Gasteiger partial charge in [0.2, 0.25) is 5.78 Å². The van der Waals surface area contributed by atoms with Gasteiger partial charge in [0.1, 0.15) is 30.5 Å². The van der Waals surface area contributed by atoms with Crippen LogP contribution in [-0.2, 0) is 61.8 Å². The van der Waals surface area contributed by atoms with Gasteiger partial charge in [0, 0.05) is 70.6 Å². The lowest BCUT2D eigenvalue weighted by molar-refractivity contribution is -0.231. The third-order valence-electron chi connectivity index (χ3n) is 16.1. The summed E-state index contributed by atoms with van der Waals surface area (Å²) in [6, 6.07) is -2.13. The fourth-order valence-electron chi connectivity index (χ4n) is 11.1. The smallest absolute Gasteiger partial charge is 0.407 e. The molecule has 462 valence electrons. The van der Waals surface area contributed by atoms with E-state index in [9.17, 15) is 44.4 Å². The van der Waals surface area contributed by atoms with Crippen LogP contribution in [0.15, 0.2) is 47.6 Å². The molecule has 21 heteroatoms. The van der Waals surface area contributed by atoms with Gasteiger partial charge in [0.05, 0.1) is 70.7 Å². The monoisotopic (exact) mass is 1150 g/mol. The Morgan fingerprint density at radius 3 is 2.12 bits per heavy atom. The summed E-state index contributed by atoms with van der Waals surface area (Å²) < 4.78 is 51.7. The van der Waals surface area contributed by atoms with Crippen LogP contribution in [0.4, 0.5) is 4.79 Å². The van der Waals surface area contributed by atoms with Gasteiger partial charge in [0.25, 0.3) is 5.91 Å². The maximum absolute atomic E-state index is 14.8. The zero-order chi connectivity index (χ0) is 59.6. The second kappa shape index (κ2) is 36.0. The molecule has 0 aromatic rings. The van der Waals surface area contributed by atoms with E-state index in [-0.39, 0.29) is 62.8 Å². The Morgan fingerprint density at radius 2 is 1.46 bits per heavy atom. The van der Waals surface area contributed by atoms with E-state index in [1.807, 2.05) is 51.2 Å². The lowest BCUT2D eigenvalue weighted by Crippen LogP contribution is -2.62. The van der Waals surface area contributed by atoms with Crippen LogP contribution in [0.1, 0.15) is 126 Å². The van der Waals surface area contributed by atoms with Crippen LogP contribution in [0, 0.1) is 29.6 Å². The normalized spacial score (nSPS) is 35.6. The van der Waals surface area contributed by atoms with Gasteiger partial charge in [0.15, 0.2) is 5.78 Å². The minimum absolute atomic E-state index is 0.0205. The maximum Gasteiger partial charge on any atom is 0.407 e. The summed E-state index contributed by atoms with van der Waals surface area (Å²) in [6.07, 6.45) is 6.19. The number of fused-ring (bicyclic) bond motifs is 3. The number of esters is 1. The van der Waals surface area contributed by atoms with Crippen molar-refractivity contribution < 1.29 is 87.0 Å². The molecular weight excluding hydrogens is 1050 g/mol. The van der Waals surface area contributed by atoms with Crippen LogP contribution in [0.2, 0.25) is 0 Å². The average molecular weight is 1150 g/mol. The summed E-state index contributed by atoms with van der Waals surface area (Å²) in [5, 5.41) is 49.2. The summed E-state index contributed by atoms with van der Waals surface area (Å²) >= 11 is 0. The SMILES string of the molecule is CCOCCOCCOCCOCCNC(=O)O[C@@H]1CC[C@@H](C[C@@H](N)[C@@H]2C[C@@H](O)[C@H](C)/C=C(\C)[C@@H](O)[C@@H](O)C(=O)[C@H](C)C[C@H](C)/C=C/C=C/C=C(\C)[C@@H](OC)C[C@@H]3CC[C@@H](C)C(=O)[C@@](O)(O3)C(=O)N3CCCC[C@H]3C(=O)O2)C[C@H]1OC. The van der Waals surface area contributed by atoms with Crippen molar-refractivity contribution in [1.29, 1.82) is 0 Å². The standard InChI is InChI=1S/C60H99N3O18/c1-10-75-26-27-77-30-31-78-29-28-76-25-23-62-59(71)80-49-22-20-44(35-52(49)74-9)34-46(61)51-37-48(64)41(5)33-43(7)54(66)55(67)53(65)42(6)32-38(2)16-12-11-13-17-39(3)50(73-8)36-45-21-19-40(4)56(68)60(72,81-45)58(70)63-24-15-14-18-47(63)57(69)79-51/h11-13,16-17,33,38,40-42,44-52,54-55,64,66-67,72H,10,14-15,18-32,34-37,61H2,1-9H3,(H,62,71)/b13-11+,16-12+,39-17+,43-33+/t38-,40-,41-,42-,44+,45+,46-,47+,48-,49-,50+,51+,52-,54-,55+,60-/m1/s1. The fraction of sp³-hybridized carbons (Fsp3) is 0.783. The van der Waals surface area contributed by atoms with E-state index in [1.165, 1.54) is 12.0 Å². The van der Waals surface area contributed by atoms with E-state index in [2.05, 4.69) is 5.32 Å². The third-order valence-corrected chi connectivity index (χ3v) is 16.1. The molecule has 2 amide bonds. The second-order valence-electron chi connectivity index (χ2n) is 22.6. The fourth-order valence-corrected chi connectivity index (χ4v) is 11.1. The quantitative estimate of drug-likeness (QED) is 0.0437. The first-order valence-corrected chi connectivity index (χ1v) is 29.5. The molecule has 0 unspecified atom stereocenters. The van der Waals surface area contributed by atoms with Crippen LogP contribution in [0.5, 0.6) is 0 Å². The van der Waals surface area contributed by atoms with Crippen molar-refractivity contribution in [3.05, 3.63) is 47.6 Å². The minimum Gasteiger partial charge on any atom is -0.459 e. The molecule has 1 aliphatic carbocycles. The summed E-state index contributed by atoms with van der Waals surface area (Å²) in [7, 11) is 3.07. The number of carbonyl (C=O) groups excluding carboxylic acids is 5.